The van der Waals surface area contributed by atoms with Gasteiger partial charge < -0.3 is 10.1 Å². The number of anilines is 1. The lowest BCUT2D eigenvalue weighted by atomic mass is 10.1. The summed E-state index contributed by atoms with van der Waals surface area (Å²) in [5, 5.41) is 2.68. The first kappa shape index (κ1) is 14.5. The largest absolute Gasteiger partial charge is 0.496 e. The Balaban J connectivity index is 2.36. The molecule has 0 aromatic heterocycles. The molecule has 20 heavy (non-hydrogen) atoms. The summed E-state index contributed by atoms with van der Waals surface area (Å²) in [6, 6.07) is 9.72. The van der Waals surface area contributed by atoms with Gasteiger partial charge in [0.05, 0.1) is 12.8 Å². The van der Waals surface area contributed by atoms with Crippen LogP contribution >= 0.6 is 15.9 Å². The van der Waals surface area contributed by atoms with Crippen molar-refractivity contribution >= 4 is 27.5 Å². The van der Waals surface area contributed by atoms with Crippen molar-refractivity contribution in [3.8, 4) is 5.75 Å². The van der Waals surface area contributed by atoms with Crippen molar-refractivity contribution in [3.63, 3.8) is 0 Å². The number of amides is 1. The van der Waals surface area contributed by atoms with Crippen molar-refractivity contribution in [2.75, 3.05) is 12.4 Å². The van der Waals surface area contributed by atoms with Crippen LogP contribution in [0.5, 0.6) is 5.75 Å². The third-order valence-electron chi connectivity index (χ3n) is 2.86. The minimum atomic E-state index is -0.620. The molecule has 0 fully saturated rings. The number of halogens is 2. The zero-order valence-corrected chi connectivity index (χ0v) is 12.6. The van der Waals surface area contributed by atoms with E-state index >= 15 is 0 Å². The Hall–Kier alpha value is -1.88. The second-order valence-electron chi connectivity index (χ2n) is 4.21. The minimum absolute atomic E-state index is 0.108. The number of nitrogens with one attached hydrogen (secondary N) is 1. The predicted octanol–water partition coefficient (Wildman–Crippen LogP) is 4.16. The van der Waals surface area contributed by atoms with Gasteiger partial charge in [0, 0.05) is 4.47 Å². The lowest BCUT2D eigenvalue weighted by Crippen LogP contribution is -2.15. The lowest BCUT2D eigenvalue weighted by Gasteiger charge is -2.12. The molecule has 1 amide bonds. The van der Waals surface area contributed by atoms with Crippen molar-refractivity contribution in [2.24, 2.45) is 0 Å². The maximum atomic E-state index is 13.8. The Morgan fingerprint density at radius 3 is 2.65 bits per heavy atom. The minimum Gasteiger partial charge on any atom is -0.496 e. The van der Waals surface area contributed by atoms with Gasteiger partial charge >= 0.3 is 0 Å². The zero-order chi connectivity index (χ0) is 14.7. The molecule has 0 spiro atoms. The molecule has 0 aliphatic rings. The van der Waals surface area contributed by atoms with E-state index in [1.54, 1.807) is 12.1 Å². The van der Waals surface area contributed by atoms with E-state index in [4.69, 9.17) is 4.74 Å². The molecule has 2 rings (SSSR count). The second-order valence-corrected chi connectivity index (χ2v) is 5.00. The molecular weight excluding hydrogens is 325 g/mol. The van der Waals surface area contributed by atoms with E-state index in [1.165, 1.54) is 19.2 Å². The number of ether oxygens (including phenoxy) is 1. The van der Waals surface area contributed by atoms with Gasteiger partial charge in [-0.15, -0.1) is 0 Å². The molecule has 0 atom stereocenters. The maximum absolute atomic E-state index is 13.8. The number of carbonyl (C=O) groups excluding carboxylic acids is 1. The van der Waals surface area contributed by atoms with Gasteiger partial charge in [-0.3, -0.25) is 4.79 Å². The highest BCUT2D eigenvalue weighted by Gasteiger charge is 2.18. The van der Waals surface area contributed by atoms with Crippen molar-refractivity contribution in [3.05, 3.63) is 57.8 Å². The van der Waals surface area contributed by atoms with E-state index < -0.39 is 11.7 Å². The molecule has 0 radical (unpaired) electrons. The Morgan fingerprint density at radius 1 is 1.25 bits per heavy atom. The Labute approximate surface area is 124 Å². The smallest absolute Gasteiger partial charge is 0.262 e. The van der Waals surface area contributed by atoms with Gasteiger partial charge in [0.15, 0.2) is 0 Å². The highest BCUT2D eigenvalue weighted by Crippen LogP contribution is 2.28. The van der Waals surface area contributed by atoms with Crippen LogP contribution in [0.4, 0.5) is 10.1 Å². The third kappa shape index (κ3) is 2.82. The molecule has 3 nitrogen and oxygen atoms in total. The topological polar surface area (TPSA) is 38.3 Å². The number of carbonyl (C=O) groups is 1. The molecule has 0 heterocycles. The standard InChI is InChI=1S/C15H13BrFNO2/c1-9-5-3-7-11(14(9)16)18-15(19)13-10(17)6-4-8-12(13)20-2/h3-8H,1-2H3,(H,18,19). The van der Waals surface area contributed by atoms with Crippen LogP contribution in [-0.2, 0) is 0 Å². The first-order valence-corrected chi connectivity index (χ1v) is 6.73. The normalized spacial score (nSPS) is 10.2. The summed E-state index contributed by atoms with van der Waals surface area (Å²) >= 11 is 3.40. The fourth-order valence-electron chi connectivity index (χ4n) is 1.82. The second kappa shape index (κ2) is 6.05. The van der Waals surface area contributed by atoms with E-state index in [9.17, 15) is 9.18 Å². The summed E-state index contributed by atoms with van der Waals surface area (Å²) in [4.78, 5) is 12.2. The van der Waals surface area contributed by atoms with E-state index in [1.807, 2.05) is 19.1 Å². The third-order valence-corrected chi connectivity index (χ3v) is 3.91. The first-order valence-electron chi connectivity index (χ1n) is 5.93. The van der Waals surface area contributed by atoms with E-state index in [-0.39, 0.29) is 11.3 Å². The zero-order valence-electron chi connectivity index (χ0n) is 11.0. The van der Waals surface area contributed by atoms with Crippen LogP contribution in [0.2, 0.25) is 0 Å². The van der Waals surface area contributed by atoms with Gasteiger partial charge in [0.25, 0.3) is 5.91 Å². The number of aryl methyl sites for hydroxylation is 1. The summed E-state index contributed by atoms with van der Waals surface area (Å²) in [7, 11) is 1.40. The van der Waals surface area contributed by atoms with Crippen LogP contribution in [0.15, 0.2) is 40.9 Å². The van der Waals surface area contributed by atoms with Gasteiger partial charge in [-0.2, -0.15) is 0 Å². The molecule has 0 bridgehead atoms. The summed E-state index contributed by atoms with van der Waals surface area (Å²) in [5.74, 6) is -0.969. The quantitative estimate of drug-likeness (QED) is 0.913. The number of methoxy groups -OCH3 is 1. The van der Waals surface area contributed by atoms with E-state index in [0.29, 0.717) is 5.69 Å². The van der Waals surface area contributed by atoms with Crippen molar-refractivity contribution in [1.29, 1.82) is 0 Å². The molecule has 5 heteroatoms. The number of hydrogen-bond acceptors (Lipinski definition) is 2. The van der Waals surface area contributed by atoms with Crippen LogP contribution in [0.25, 0.3) is 0 Å². The van der Waals surface area contributed by atoms with E-state index in [2.05, 4.69) is 21.2 Å². The van der Waals surface area contributed by atoms with Crippen LogP contribution < -0.4 is 10.1 Å². The monoisotopic (exact) mass is 337 g/mol. The first-order chi connectivity index (χ1) is 9.54. The highest BCUT2D eigenvalue weighted by atomic mass is 79.9. The van der Waals surface area contributed by atoms with Gasteiger partial charge in [0.2, 0.25) is 0 Å². The predicted molar refractivity (Wildman–Crippen MR) is 79.8 cm³/mol. The SMILES string of the molecule is COc1cccc(F)c1C(=O)Nc1cccc(C)c1Br. The van der Waals surface area contributed by atoms with Crippen molar-refractivity contribution in [1.82, 2.24) is 0 Å². The van der Waals surface area contributed by atoms with Crippen molar-refractivity contribution in [2.45, 2.75) is 6.92 Å². The van der Waals surface area contributed by atoms with Crippen LogP contribution in [0.1, 0.15) is 15.9 Å². The molecule has 2 aromatic carbocycles. The van der Waals surface area contributed by atoms with Gasteiger partial charge in [-0.25, -0.2) is 4.39 Å². The fourth-order valence-corrected chi connectivity index (χ4v) is 2.19. The molecule has 0 aliphatic heterocycles. The van der Waals surface area contributed by atoms with Crippen molar-refractivity contribution < 1.29 is 13.9 Å². The molecular formula is C15H13BrFNO2. The molecule has 0 unspecified atom stereocenters. The Kier molecular flexibility index (Phi) is 4.39. The number of benzene rings is 2. The van der Waals surface area contributed by atoms with Gasteiger partial charge in [-0.05, 0) is 46.6 Å². The fraction of sp³-hybridized carbons (Fsp3) is 0.133. The summed E-state index contributed by atoms with van der Waals surface area (Å²) in [6.45, 7) is 1.91. The average molecular weight is 338 g/mol. The number of rotatable bonds is 3. The van der Waals surface area contributed by atoms with Gasteiger partial charge in [-0.1, -0.05) is 18.2 Å². The van der Waals surface area contributed by atoms with Crippen LogP contribution in [0, 0.1) is 12.7 Å². The number of hydrogen-bond donors (Lipinski definition) is 1. The molecule has 2 aromatic rings. The molecule has 0 saturated heterocycles. The Bertz CT molecular complexity index is 658. The average Bonchev–Trinajstić information content (AvgIpc) is 2.43. The summed E-state index contributed by atoms with van der Waals surface area (Å²) in [6.07, 6.45) is 0. The molecule has 1 N–H and O–H groups in total. The lowest BCUT2D eigenvalue weighted by molar-refractivity contribution is 0.102. The van der Waals surface area contributed by atoms with Crippen LogP contribution in [0.3, 0.4) is 0 Å². The molecule has 104 valence electrons. The van der Waals surface area contributed by atoms with Gasteiger partial charge in [0.1, 0.15) is 17.1 Å². The summed E-state index contributed by atoms with van der Waals surface area (Å²) < 4.78 is 19.6. The Morgan fingerprint density at radius 2 is 1.95 bits per heavy atom. The maximum Gasteiger partial charge on any atom is 0.262 e. The molecule has 0 aliphatic carbocycles. The highest BCUT2D eigenvalue weighted by molar-refractivity contribution is 9.10. The van der Waals surface area contributed by atoms with Crippen LogP contribution in [-0.4, -0.2) is 13.0 Å². The summed E-state index contributed by atoms with van der Waals surface area (Å²) in [5.41, 5.74) is 1.45. The van der Waals surface area contributed by atoms with E-state index in [0.717, 1.165) is 10.0 Å². The molecule has 0 saturated carbocycles.